The second kappa shape index (κ2) is 4.74. The average Bonchev–Trinajstić information content (AvgIpc) is 2.95. The molecule has 1 amide bonds. The summed E-state index contributed by atoms with van der Waals surface area (Å²) in [5.74, 6) is -0.115. The van der Waals surface area contributed by atoms with E-state index in [9.17, 15) is 4.79 Å². The van der Waals surface area contributed by atoms with Gasteiger partial charge in [-0.05, 0) is 39.0 Å². The van der Waals surface area contributed by atoms with E-state index in [1.807, 2.05) is 23.0 Å². The van der Waals surface area contributed by atoms with Crippen molar-refractivity contribution in [1.29, 1.82) is 0 Å². The molecule has 1 aliphatic rings. The summed E-state index contributed by atoms with van der Waals surface area (Å²) < 4.78 is 1.88. The molecule has 2 aromatic rings. The van der Waals surface area contributed by atoms with Crippen molar-refractivity contribution in [1.82, 2.24) is 9.78 Å². The lowest BCUT2D eigenvalue weighted by Gasteiger charge is -2.18. The number of fused-ring (bicyclic) bond motifs is 1. The van der Waals surface area contributed by atoms with Crippen LogP contribution in [-0.2, 0) is 10.3 Å². The Balaban J connectivity index is 2.01. The Morgan fingerprint density at radius 2 is 2.10 bits per heavy atom. The third-order valence-electron chi connectivity index (χ3n) is 3.37. The second-order valence-electron chi connectivity index (χ2n) is 6.09. The van der Waals surface area contributed by atoms with Crippen LogP contribution in [0.3, 0.4) is 0 Å². The van der Waals surface area contributed by atoms with Crippen LogP contribution < -0.4 is 5.32 Å². The van der Waals surface area contributed by atoms with Gasteiger partial charge in [-0.2, -0.15) is 5.10 Å². The van der Waals surface area contributed by atoms with Crippen molar-refractivity contribution in [2.24, 2.45) is 0 Å². The van der Waals surface area contributed by atoms with Crippen LogP contribution in [0.4, 0.5) is 5.69 Å². The van der Waals surface area contributed by atoms with E-state index in [1.54, 1.807) is 18.3 Å². The molecule has 108 valence electrons. The van der Waals surface area contributed by atoms with Crippen LogP contribution in [0.15, 0.2) is 30.6 Å². The van der Waals surface area contributed by atoms with Crippen LogP contribution in [0.1, 0.15) is 31.9 Å². The molecule has 0 radical (unpaired) electrons. The van der Waals surface area contributed by atoms with Gasteiger partial charge in [0.1, 0.15) is 0 Å². The minimum atomic E-state index is -0.115. The molecule has 0 atom stereocenters. The van der Waals surface area contributed by atoms with Gasteiger partial charge in [0.15, 0.2) is 0 Å². The monoisotopic (exact) mass is 301 g/mol. The maximum atomic E-state index is 12.1. The highest BCUT2D eigenvalue weighted by Crippen LogP contribution is 2.34. The van der Waals surface area contributed by atoms with E-state index in [-0.39, 0.29) is 11.4 Å². The van der Waals surface area contributed by atoms with Gasteiger partial charge in [0.05, 0.1) is 17.4 Å². The number of rotatable bonds is 1. The van der Waals surface area contributed by atoms with E-state index >= 15 is 0 Å². The molecule has 0 unspecified atom stereocenters. The third kappa shape index (κ3) is 2.59. The number of aromatic nitrogens is 2. The quantitative estimate of drug-likeness (QED) is 0.815. The minimum Gasteiger partial charge on any atom is -0.321 e. The van der Waals surface area contributed by atoms with E-state index in [2.05, 4.69) is 31.2 Å². The molecule has 0 fully saturated rings. The van der Waals surface area contributed by atoms with Gasteiger partial charge < -0.3 is 5.32 Å². The fourth-order valence-electron chi connectivity index (χ4n) is 2.25. The van der Waals surface area contributed by atoms with E-state index in [0.29, 0.717) is 10.6 Å². The van der Waals surface area contributed by atoms with Crippen molar-refractivity contribution in [3.63, 3.8) is 0 Å². The van der Waals surface area contributed by atoms with E-state index in [4.69, 9.17) is 11.6 Å². The highest BCUT2D eigenvalue weighted by atomic mass is 35.5. The Labute approximate surface area is 128 Å². The first-order valence-corrected chi connectivity index (χ1v) is 7.10. The van der Waals surface area contributed by atoms with Crippen LogP contribution in [-0.4, -0.2) is 15.7 Å². The van der Waals surface area contributed by atoms with Gasteiger partial charge in [-0.25, -0.2) is 0 Å². The molecule has 1 aliphatic heterocycles. The van der Waals surface area contributed by atoms with Crippen LogP contribution in [0.2, 0.25) is 5.02 Å². The third-order valence-corrected chi connectivity index (χ3v) is 3.60. The van der Waals surface area contributed by atoms with E-state index < -0.39 is 0 Å². The number of carbonyl (C=O) groups excluding carboxylic acids is 1. The van der Waals surface area contributed by atoms with Crippen LogP contribution >= 0.6 is 11.6 Å². The zero-order chi connectivity index (χ0) is 15.2. The van der Waals surface area contributed by atoms with Gasteiger partial charge in [0.2, 0.25) is 0 Å². The first-order valence-electron chi connectivity index (χ1n) is 6.73. The SMILES string of the molecule is CC(C)(C)n1cc(C=C2C(=O)Nc3cc(Cl)ccc32)cn1. The summed E-state index contributed by atoms with van der Waals surface area (Å²) in [5.41, 5.74) is 3.07. The highest BCUT2D eigenvalue weighted by Gasteiger charge is 2.24. The van der Waals surface area contributed by atoms with Crippen molar-refractivity contribution in [2.45, 2.75) is 26.3 Å². The van der Waals surface area contributed by atoms with Gasteiger partial charge >= 0.3 is 0 Å². The molecular weight excluding hydrogens is 286 g/mol. The molecule has 0 spiro atoms. The van der Waals surface area contributed by atoms with Crippen molar-refractivity contribution < 1.29 is 4.79 Å². The maximum absolute atomic E-state index is 12.1. The summed E-state index contributed by atoms with van der Waals surface area (Å²) in [6, 6.07) is 5.40. The van der Waals surface area contributed by atoms with E-state index in [1.165, 1.54) is 0 Å². The fourth-order valence-corrected chi connectivity index (χ4v) is 2.43. The summed E-state index contributed by atoms with van der Waals surface area (Å²) in [5, 5.41) is 7.78. The number of nitrogens with zero attached hydrogens (tertiary/aromatic N) is 2. The normalized spacial score (nSPS) is 16.2. The predicted molar refractivity (Wildman–Crippen MR) is 85.2 cm³/mol. The van der Waals surface area contributed by atoms with Gasteiger partial charge in [-0.15, -0.1) is 0 Å². The van der Waals surface area contributed by atoms with Crippen molar-refractivity contribution in [3.05, 3.63) is 46.7 Å². The zero-order valence-electron chi connectivity index (χ0n) is 12.1. The summed E-state index contributed by atoms with van der Waals surface area (Å²) in [7, 11) is 0. The number of halogens is 1. The van der Waals surface area contributed by atoms with Gasteiger partial charge in [-0.1, -0.05) is 17.7 Å². The summed E-state index contributed by atoms with van der Waals surface area (Å²) in [6.45, 7) is 6.24. The smallest absolute Gasteiger partial charge is 0.256 e. The van der Waals surface area contributed by atoms with Gasteiger partial charge in [-0.3, -0.25) is 9.48 Å². The number of amides is 1. The summed E-state index contributed by atoms with van der Waals surface area (Å²) >= 11 is 5.95. The molecule has 5 heteroatoms. The molecule has 1 N–H and O–H groups in total. The first kappa shape index (κ1) is 13.9. The Morgan fingerprint density at radius 1 is 1.33 bits per heavy atom. The number of carbonyl (C=O) groups is 1. The molecule has 0 saturated heterocycles. The van der Waals surface area contributed by atoms with Gasteiger partial charge in [0.25, 0.3) is 5.91 Å². The topological polar surface area (TPSA) is 46.9 Å². The molecule has 0 aliphatic carbocycles. The first-order chi connectivity index (χ1) is 9.84. The van der Waals surface area contributed by atoms with Crippen LogP contribution in [0, 0.1) is 0 Å². The number of hydrogen-bond acceptors (Lipinski definition) is 2. The second-order valence-corrected chi connectivity index (χ2v) is 6.53. The van der Waals surface area contributed by atoms with Crippen LogP contribution in [0.5, 0.6) is 0 Å². The highest BCUT2D eigenvalue weighted by molar-refractivity contribution is 6.36. The van der Waals surface area contributed by atoms with Crippen molar-refractivity contribution in [3.8, 4) is 0 Å². The molecule has 1 aromatic heterocycles. The molecule has 0 saturated carbocycles. The lowest BCUT2D eigenvalue weighted by molar-refractivity contribution is -0.110. The van der Waals surface area contributed by atoms with E-state index in [0.717, 1.165) is 16.8 Å². The molecular formula is C16H16ClN3O. The maximum Gasteiger partial charge on any atom is 0.256 e. The predicted octanol–water partition coefficient (Wildman–Crippen LogP) is 3.78. The average molecular weight is 302 g/mol. The summed E-state index contributed by atoms with van der Waals surface area (Å²) in [4.78, 5) is 12.1. The van der Waals surface area contributed by atoms with Crippen molar-refractivity contribution >= 4 is 34.8 Å². The number of anilines is 1. The molecule has 1 aromatic carbocycles. The largest absolute Gasteiger partial charge is 0.321 e. The molecule has 21 heavy (non-hydrogen) atoms. The lowest BCUT2D eigenvalue weighted by atomic mass is 10.1. The Morgan fingerprint density at radius 3 is 2.76 bits per heavy atom. The lowest BCUT2D eigenvalue weighted by Crippen LogP contribution is -2.21. The standard InChI is InChI=1S/C16H16ClN3O/c1-16(2,3)20-9-10(8-18-20)6-13-12-5-4-11(17)7-14(12)19-15(13)21/h4-9H,1-3H3,(H,19,21). The van der Waals surface area contributed by atoms with Crippen molar-refractivity contribution in [2.75, 3.05) is 5.32 Å². The van der Waals surface area contributed by atoms with Crippen LogP contribution in [0.25, 0.3) is 11.6 Å². The Bertz CT molecular complexity index is 753. The summed E-state index contributed by atoms with van der Waals surface area (Å²) in [6.07, 6.45) is 5.55. The Hall–Kier alpha value is -2.07. The minimum absolute atomic E-state index is 0.0832. The molecule has 2 heterocycles. The fraction of sp³-hybridized carbons (Fsp3) is 0.250. The zero-order valence-corrected chi connectivity index (χ0v) is 12.9. The number of benzene rings is 1. The molecule has 4 nitrogen and oxygen atoms in total. The number of hydrogen-bond donors (Lipinski definition) is 1. The number of nitrogens with one attached hydrogen (secondary N) is 1. The molecule has 3 rings (SSSR count). The molecule has 0 bridgehead atoms. The Kier molecular flexibility index (Phi) is 3.14. The van der Waals surface area contributed by atoms with Gasteiger partial charge in [0, 0.05) is 27.9 Å².